The predicted octanol–water partition coefficient (Wildman–Crippen LogP) is 2.86. The van der Waals surface area contributed by atoms with E-state index in [-0.39, 0.29) is 5.41 Å². The largest absolute Gasteiger partial charge is 0.480 e. The van der Waals surface area contributed by atoms with Gasteiger partial charge in [0.1, 0.15) is 0 Å². The maximum atomic E-state index is 5.71. The van der Waals surface area contributed by atoms with Crippen molar-refractivity contribution in [1.82, 2.24) is 9.97 Å². The minimum atomic E-state index is 0.0830. The number of nitrogens with zero attached hydrogens (tertiary/aromatic N) is 2. The lowest BCUT2D eigenvalue weighted by atomic mass is 9.64. The molecule has 0 radical (unpaired) electrons. The summed E-state index contributed by atoms with van der Waals surface area (Å²) >= 11 is 3.34. The number of nitrogens with one attached hydrogen (secondary N) is 1. The van der Waals surface area contributed by atoms with E-state index in [9.17, 15) is 0 Å². The number of anilines is 1. The van der Waals surface area contributed by atoms with E-state index >= 15 is 0 Å². The van der Waals surface area contributed by atoms with Crippen LogP contribution in [0.15, 0.2) is 10.7 Å². The fourth-order valence-electron chi connectivity index (χ4n) is 2.33. The monoisotopic (exact) mass is 329 g/mol. The highest BCUT2D eigenvalue weighted by molar-refractivity contribution is 9.10. The van der Waals surface area contributed by atoms with Crippen molar-refractivity contribution in [3.8, 4) is 5.88 Å². The Morgan fingerprint density at radius 2 is 2.26 bits per heavy atom. The van der Waals surface area contributed by atoms with Gasteiger partial charge in [-0.05, 0) is 29.3 Å². The molecule has 1 aromatic rings. The normalized spacial score (nSPS) is 24.7. The molecule has 0 amide bonds. The summed E-state index contributed by atoms with van der Waals surface area (Å²) < 4.78 is 11.6. The van der Waals surface area contributed by atoms with Crippen LogP contribution in [0.5, 0.6) is 5.88 Å². The Hall–Kier alpha value is -0.880. The van der Waals surface area contributed by atoms with Gasteiger partial charge < -0.3 is 14.8 Å². The number of aromatic nitrogens is 2. The zero-order valence-corrected chi connectivity index (χ0v) is 13.3. The maximum absolute atomic E-state index is 5.71. The van der Waals surface area contributed by atoms with E-state index in [0.29, 0.717) is 24.0 Å². The molecule has 19 heavy (non-hydrogen) atoms. The molecule has 1 aliphatic carbocycles. The molecule has 2 unspecified atom stereocenters. The van der Waals surface area contributed by atoms with Gasteiger partial charge in [-0.15, -0.1) is 0 Å². The molecule has 1 fully saturated rings. The van der Waals surface area contributed by atoms with Gasteiger partial charge in [-0.2, -0.15) is 4.98 Å². The van der Waals surface area contributed by atoms with E-state index in [1.54, 1.807) is 13.3 Å². The van der Waals surface area contributed by atoms with Crippen molar-refractivity contribution in [3.05, 3.63) is 10.7 Å². The Kier molecular flexibility index (Phi) is 4.30. The number of hydrogen-bond acceptors (Lipinski definition) is 5. The molecule has 106 valence electrons. The van der Waals surface area contributed by atoms with Crippen LogP contribution < -0.4 is 10.1 Å². The SMILES string of the molecule is CCOC1CC(Nc2ncc(Br)c(OC)n2)C1(C)C. The second-order valence-corrected chi connectivity index (χ2v) is 6.10. The highest BCUT2D eigenvalue weighted by Crippen LogP contribution is 2.44. The molecule has 0 spiro atoms. The van der Waals surface area contributed by atoms with Crippen LogP contribution in [0.3, 0.4) is 0 Å². The van der Waals surface area contributed by atoms with E-state index in [4.69, 9.17) is 9.47 Å². The molecule has 0 bridgehead atoms. The van der Waals surface area contributed by atoms with Gasteiger partial charge in [-0.25, -0.2) is 4.98 Å². The fraction of sp³-hybridized carbons (Fsp3) is 0.692. The van der Waals surface area contributed by atoms with Gasteiger partial charge in [0, 0.05) is 18.1 Å². The van der Waals surface area contributed by atoms with Gasteiger partial charge >= 0.3 is 0 Å². The minimum absolute atomic E-state index is 0.0830. The molecule has 1 saturated carbocycles. The summed E-state index contributed by atoms with van der Waals surface area (Å²) in [5.74, 6) is 1.13. The van der Waals surface area contributed by atoms with Gasteiger partial charge in [0.15, 0.2) is 0 Å². The Morgan fingerprint density at radius 3 is 2.84 bits per heavy atom. The van der Waals surface area contributed by atoms with Gasteiger partial charge in [0.2, 0.25) is 11.8 Å². The van der Waals surface area contributed by atoms with Crippen LogP contribution in [0, 0.1) is 5.41 Å². The lowest BCUT2D eigenvalue weighted by molar-refractivity contribution is -0.0977. The van der Waals surface area contributed by atoms with E-state index in [0.717, 1.165) is 17.5 Å². The molecule has 0 saturated heterocycles. The number of rotatable bonds is 5. The van der Waals surface area contributed by atoms with E-state index in [2.05, 4.69) is 45.1 Å². The highest BCUT2D eigenvalue weighted by Gasteiger charge is 2.49. The van der Waals surface area contributed by atoms with E-state index in [1.165, 1.54) is 0 Å². The van der Waals surface area contributed by atoms with Crippen LogP contribution in [-0.4, -0.2) is 35.8 Å². The topological polar surface area (TPSA) is 56.3 Å². The second-order valence-electron chi connectivity index (χ2n) is 5.25. The number of hydrogen-bond donors (Lipinski definition) is 1. The van der Waals surface area contributed by atoms with E-state index < -0.39 is 0 Å². The summed E-state index contributed by atoms with van der Waals surface area (Å²) in [5, 5.41) is 3.36. The summed E-state index contributed by atoms with van der Waals surface area (Å²) in [7, 11) is 1.59. The van der Waals surface area contributed by atoms with Crippen molar-refractivity contribution in [2.45, 2.75) is 39.3 Å². The van der Waals surface area contributed by atoms with Gasteiger partial charge in [-0.1, -0.05) is 13.8 Å². The minimum Gasteiger partial charge on any atom is -0.480 e. The molecule has 5 nitrogen and oxygen atoms in total. The summed E-state index contributed by atoms with van der Waals surface area (Å²) in [5.41, 5.74) is 0.0830. The summed E-state index contributed by atoms with van der Waals surface area (Å²) in [6.07, 6.45) is 2.97. The molecule has 1 aliphatic rings. The lowest BCUT2D eigenvalue weighted by Crippen LogP contribution is -2.58. The predicted molar refractivity (Wildman–Crippen MR) is 77.5 cm³/mol. The third kappa shape index (κ3) is 2.84. The molecule has 2 rings (SSSR count). The van der Waals surface area contributed by atoms with Gasteiger partial charge in [0.25, 0.3) is 0 Å². The summed E-state index contributed by atoms with van der Waals surface area (Å²) in [6, 6.07) is 0.315. The van der Waals surface area contributed by atoms with Crippen LogP contribution >= 0.6 is 15.9 Å². The number of ether oxygens (including phenoxy) is 2. The second kappa shape index (κ2) is 5.63. The Morgan fingerprint density at radius 1 is 1.53 bits per heavy atom. The summed E-state index contributed by atoms with van der Waals surface area (Å²) in [4.78, 5) is 8.57. The molecule has 1 N–H and O–H groups in total. The molecule has 1 aromatic heterocycles. The Bertz CT molecular complexity index is 454. The molecule has 0 aliphatic heterocycles. The third-order valence-electron chi connectivity index (χ3n) is 3.75. The van der Waals surface area contributed by atoms with Crippen molar-refractivity contribution in [1.29, 1.82) is 0 Å². The van der Waals surface area contributed by atoms with Crippen LogP contribution in [0.4, 0.5) is 5.95 Å². The van der Waals surface area contributed by atoms with Crippen molar-refractivity contribution in [2.24, 2.45) is 5.41 Å². The first-order chi connectivity index (χ1) is 8.98. The smallest absolute Gasteiger partial charge is 0.232 e. The average molecular weight is 330 g/mol. The Labute approximate surface area is 122 Å². The zero-order chi connectivity index (χ0) is 14.0. The maximum Gasteiger partial charge on any atom is 0.232 e. The highest BCUT2D eigenvalue weighted by atomic mass is 79.9. The number of methoxy groups -OCH3 is 1. The van der Waals surface area contributed by atoms with Crippen LogP contribution in [0.25, 0.3) is 0 Å². The average Bonchev–Trinajstić information content (AvgIpc) is 2.39. The molecule has 1 heterocycles. The van der Waals surface area contributed by atoms with E-state index in [1.807, 2.05) is 6.92 Å². The summed E-state index contributed by atoms with van der Waals surface area (Å²) in [6.45, 7) is 7.18. The van der Waals surface area contributed by atoms with Crippen molar-refractivity contribution in [3.63, 3.8) is 0 Å². The zero-order valence-electron chi connectivity index (χ0n) is 11.7. The Balaban J connectivity index is 2.03. The fourth-order valence-corrected chi connectivity index (χ4v) is 2.69. The first-order valence-corrected chi connectivity index (χ1v) is 7.23. The molecular formula is C13H20BrN3O2. The molecule has 0 aromatic carbocycles. The molecule has 2 atom stereocenters. The standard InChI is InChI=1S/C13H20BrN3O2/c1-5-19-10-6-9(13(10,2)3)16-12-15-7-8(14)11(17-12)18-4/h7,9-10H,5-6H2,1-4H3,(H,15,16,17). The number of halogens is 1. The molecule has 6 heteroatoms. The van der Waals surface area contributed by atoms with Crippen molar-refractivity contribution >= 4 is 21.9 Å². The van der Waals surface area contributed by atoms with Crippen LogP contribution in [0.2, 0.25) is 0 Å². The van der Waals surface area contributed by atoms with Crippen molar-refractivity contribution < 1.29 is 9.47 Å². The van der Waals surface area contributed by atoms with Gasteiger partial charge in [0.05, 0.1) is 23.9 Å². The van der Waals surface area contributed by atoms with Crippen LogP contribution in [-0.2, 0) is 4.74 Å². The first-order valence-electron chi connectivity index (χ1n) is 6.43. The van der Waals surface area contributed by atoms with Gasteiger partial charge in [-0.3, -0.25) is 0 Å². The lowest BCUT2D eigenvalue weighted by Gasteiger charge is -2.51. The van der Waals surface area contributed by atoms with Crippen LogP contribution in [0.1, 0.15) is 27.2 Å². The molecular weight excluding hydrogens is 310 g/mol. The van der Waals surface area contributed by atoms with Crippen molar-refractivity contribution in [2.75, 3.05) is 19.0 Å². The third-order valence-corrected chi connectivity index (χ3v) is 4.30. The first kappa shape index (κ1) is 14.5. The quantitative estimate of drug-likeness (QED) is 0.900.